The summed E-state index contributed by atoms with van der Waals surface area (Å²) >= 11 is 3.18. The summed E-state index contributed by atoms with van der Waals surface area (Å²) in [4.78, 5) is 11.8. The van der Waals surface area contributed by atoms with E-state index in [1.807, 2.05) is 24.3 Å². The molecule has 1 amide bonds. The molecule has 0 atom stereocenters. The van der Waals surface area contributed by atoms with Crippen LogP contribution in [0.4, 0.5) is 10.1 Å². The molecule has 2 aromatic carbocycles. The second-order valence-corrected chi connectivity index (χ2v) is 6.76. The van der Waals surface area contributed by atoms with Crippen molar-refractivity contribution in [1.82, 2.24) is 0 Å². The van der Waals surface area contributed by atoms with E-state index >= 15 is 0 Å². The lowest BCUT2D eigenvalue weighted by Gasteiger charge is -2.09. The number of anilines is 1. The normalized spacial score (nSPS) is 10.7. The van der Waals surface area contributed by atoms with Gasteiger partial charge in [-0.15, -0.1) is 0 Å². The standard InChI is InChI=1S/C19H21BrFNO2/c1-13(2)14-5-8-16(9-6-14)24-11-3-4-19(23)22-18-10-7-15(20)12-17(18)21/h5-10,12-13H,3-4,11H2,1-2H3,(H,22,23). The molecule has 0 fully saturated rings. The van der Waals surface area contributed by atoms with Gasteiger partial charge in [0.1, 0.15) is 11.6 Å². The van der Waals surface area contributed by atoms with E-state index in [2.05, 4.69) is 35.1 Å². The van der Waals surface area contributed by atoms with Gasteiger partial charge < -0.3 is 10.1 Å². The molecule has 24 heavy (non-hydrogen) atoms. The highest BCUT2D eigenvalue weighted by molar-refractivity contribution is 9.10. The average Bonchev–Trinajstić information content (AvgIpc) is 2.55. The maximum Gasteiger partial charge on any atom is 0.224 e. The number of carbonyl (C=O) groups is 1. The van der Waals surface area contributed by atoms with Gasteiger partial charge in [-0.05, 0) is 48.2 Å². The zero-order valence-corrected chi connectivity index (χ0v) is 15.4. The quantitative estimate of drug-likeness (QED) is 0.629. The smallest absolute Gasteiger partial charge is 0.224 e. The molecule has 0 unspecified atom stereocenters. The number of carbonyl (C=O) groups excluding carboxylic acids is 1. The highest BCUT2D eigenvalue weighted by Gasteiger charge is 2.07. The van der Waals surface area contributed by atoms with Gasteiger partial charge in [0.25, 0.3) is 0 Å². The van der Waals surface area contributed by atoms with Crippen molar-refractivity contribution in [1.29, 1.82) is 0 Å². The van der Waals surface area contributed by atoms with Gasteiger partial charge in [0, 0.05) is 10.9 Å². The Labute approximate surface area is 150 Å². The van der Waals surface area contributed by atoms with E-state index in [0.717, 1.165) is 5.75 Å². The zero-order valence-electron chi connectivity index (χ0n) is 13.8. The molecule has 0 spiro atoms. The van der Waals surface area contributed by atoms with Crippen LogP contribution in [-0.4, -0.2) is 12.5 Å². The maximum absolute atomic E-state index is 13.6. The summed E-state index contributed by atoms with van der Waals surface area (Å²) in [6.07, 6.45) is 0.843. The number of benzene rings is 2. The van der Waals surface area contributed by atoms with Gasteiger partial charge in [0.15, 0.2) is 0 Å². The lowest BCUT2D eigenvalue weighted by atomic mass is 10.0. The Balaban J connectivity index is 1.72. The summed E-state index contributed by atoms with van der Waals surface area (Å²) < 4.78 is 19.9. The van der Waals surface area contributed by atoms with Crippen LogP contribution < -0.4 is 10.1 Å². The zero-order chi connectivity index (χ0) is 17.5. The topological polar surface area (TPSA) is 38.3 Å². The third-order valence-corrected chi connectivity index (χ3v) is 4.06. The number of halogens is 2. The van der Waals surface area contributed by atoms with Crippen molar-refractivity contribution in [2.45, 2.75) is 32.6 Å². The first-order valence-corrected chi connectivity index (χ1v) is 8.72. The fourth-order valence-corrected chi connectivity index (χ4v) is 2.51. The van der Waals surface area contributed by atoms with Crippen molar-refractivity contribution in [3.05, 3.63) is 58.3 Å². The SMILES string of the molecule is CC(C)c1ccc(OCCCC(=O)Nc2ccc(Br)cc2F)cc1. The van der Waals surface area contributed by atoms with Gasteiger partial charge >= 0.3 is 0 Å². The highest BCUT2D eigenvalue weighted by Crippen LogP contribution is 2.20. The minimum atomic E-state index is -0.459. The maximum atomic E-state index is 13.6. The lowest BCUT2D eigenvalue weighted by Crippen LogP contribution is -2.13. The minimum Gasteiger partial charge on any atom is -0.494 e. The van der Waals surface area contributed by atoms with Gasteiger partial charge in [-0.1, -0.05) is 41.9 Å². The van der Waals surface area contributed by atoms with Gasteiger partial charge in [-0.2, -0.15) is 0 Å². The summed E-state index contributed by atoms with van der Waals surface area (Å²) in [6.45, 7) is 4.72. The summed E-state index contributed by atoms with van der Waals surface area (Å²) in [5, 5.41) is 2.57. The molecule has 1 N–H and O–H groups in total. The fourth-order valence-electron chi connectivity index (χ4n) is 2.18. The lowest BCUT2D eigenvalue weighted by molar-refractivity contribution is -0.116. The summed E-state index contributed by atoms with van der Waals surface area (Å²) in [7, 11) is 0. The van der Waals surface area contributed by atoms with Crippen LogP contribution >= 0.6 is 15.9 Å². The summed E-state index contributed by atoms with van der Waals surface area (Å²) in [5.41, 5.74) is 1.45. The van der Waals surface area contributed by atoms with Crippen molar-refractivity contribution in [3.8, 4) is 5.75 Å². The van der Waals surface area contributed by atoms with Crippen molar-refractivity contribution in [2.75, 3.05) is 11.9 Å². The second-order valence-electron chi connectivity index (χ2n) is 5.85. The van der Waals surface area contributed by atoms with Crippen LogP contribution in [0.5, 0.6) is 5.75 Å². The van der Waals surface area contributed by atoms with Crippen LogP contribution in [0.2, 0.25) is 0 Å². The van der Waals surface area contributed by atoms with Crippen LogP contribution in [0.1, 0.15) is 38.2 Å². The molecular weight excluding hydrogens is 373 g/mol. The largest absolute Gasteiger partial charge is 0.494 e. The molecule has 0 aromatic heterocycles. The molecular formula is C19H21BrFNO2. The molecule has 2 aromatic rings. The molecule has 0 saturated heterocycles. The van der Waals surface area contributed by atoms with E-state index < -0.39 is 5.82 Å². The molecule has 5 heteroatoms. The Kier molecular flexibility index (Phi) is 6.79. The molecule has 0 aliphatic heterocycles. The highest BCUT2D eigenvalue weighted by atomic mass is 79.9. The first-order chi connectivity index (χ1) is 11.5. The van der Waals surface area contributed by atoms with Crippen molar-refractivity contribution < 1.29 is 13.9 Å². The predicted molar refractivity (Wildman–Crippen MR) is 98.0 cm³/mol. The average molecular weight is 394 g/mol. The molecule has 0 saturated carbocycles. The van der Waals surface area contributed by atoms with E-state index in [1.54, 1.807) is 6.07 Å². The molecule has 0 aliphatic carbocycles. The number of hydrogen-bond acceptors (Lipinski definition) is 2. The van der Waals surface area contributed by atoms with Gasteiger partial charge in [-0.25, -0.2) is 4.39 Å². The van der Waals surface area contributed by atoms with E-state index in [1.165, 1.54) is 17.7 Å². The van der Waals surface area contributed by atoms with Crippen LogP contribution in [0.3, 0.4) is 0 Å². The summed E-state index contributed by atoms with van der Waals surface area (Å²) in [5.74, 6) is 0.592. The van der Waals surface area contributed by atoms with E-state index in [-0.39, 0.29) is 18.0 Å². The van der Waals surface area contributed by atoms with Crippen molar-refractivity contribution in [2.24, 2.45) is 0 Å². The first kappa shape index (κ1) is 18.5. The third kappa shape index (κ3) is 5.64. The van der Waals surface area contributed by atoms with Crippen molar-refractivity contribution >= 4 is 27.5 Å². The van der Waals surface area contributed by atoms with E-state index in [9.17, 15) is 9.18 Å². The molecule has 2 rings (SSSR count). The second kappa shape index (κ2) is 8.83. The van der Waals surface area contributed by atoms with Crippen LogP contribution in [0.15, 0.2) is 46.9 Å². The predicted octanol–water partition coefficient (Wildman–Crippen LogP) is 5.51. The third-order valence-electron chi connectivity index (χ3n) is 3.57. The Morgan fingerprint density at radius 3 is 2.54 bits per heavy atom. The van der Waals surface area contributed by atoms with Gasteiger partial charge in [0.2, 0.25) is 5.91 Å². The van der Waals surface area contributed by atoms with Gasteiger partial charge in [0.05, 0.1) is 12.3 Å². The molecule has 0 heterocycles. The summed E-state index contributed by atoms with van der Waals surface area (Å²) in [6, 6.07) is 12.5. The Morgan fingerprint density at radius 1 is 1.21 bits per heavy atom. The Bertz CT molecular complexity index is 686. The van der Waals surface area contributed by atoms with Crippen LogP contribution in [0.25, 0.3) is 0 Å². The number of nitrogens with one attached hydrogen (secondary N) is 1. The number of hydrogen-bond donors (Lipinski definition) is 1. The molecule has 3 nitrogen and oxygen atoms in total. The molecule has 0 aliphatic rings. The number of amides is 1. The number of ether oxygens (including phenoxy) is 1. The monoisotopic (exact) mass is 393 g/mol. The minimum absolute atomic E-state index is 0.188. The molecule has 0 radical (unpaired) electrons. The Morgan fingerprint density at radius 2 is 1.92 bits per heavy atom. The molecule has 0 bridgehead atoms. The van der Waals surface area contributed by atoms with Gasteiger partial charge in [-0.3, -0.25) is 4.79 Å². The Hall–Kier alpha value is -1.88. The van der Waals surface area contributed by atoms with E-state index in [0.29, 0.717) is 23.4 Å². The molecule has 128 valence electrons. The first-order valence-electron chi connectivity index (χ1n) is 7.93. The fraction of sp³-hybridized carbons (Fsp3) is 0.316. The number of rotatable bonds is 7. The van der Waals surface area contributed by atoms with Crippen LogP contribution in [-0.2, 0) is 4.79 Å². The van der Waals surface area contributed by atoms with E-state index in [4.69, 9.17) is 4.74 Å². The van der Waals surface area contributed by atoms with Crippen LogP contribution in [0, 0.1) is 5.82 Å². The van der Waals surface area contributed by atoms with Crippen molar-refractivity contribution in [3.63, 3.8) is 0 Å².